The van der Waals surface area contributed by atoms with Crippen LogP contribution in [0.4, 0.5) is 0 Å². The van der Waals surface area contributed by atoms with Crippen molar-refractivity contribution < 1.29 is 0 Å². The number of hydrogen-bond acceptors (Lipinski definition) is 4. The van der Waals surface area contributed by atoms with Crippen LogP contribution in [0.2, 0.25) is 0 Å². The average molecular weight is 304 g/mol. The van der Waals surface area contributed by atoms with E-state index in [4.69, 9.17) is 0 Å². The lowest BCUT2D eigenvalue weighted by Gasteiger charge is -2.18. The minimum absolute atomic E-state index is 0.331. The lowest BCUT2D eigenvalue weighted by Crippen LogP contribution is -2.23. The third-order valence-electron chi connectivity index (χ3n) is 3.50. The number of aromatic nitrogens is 3. The molecule has 4 nitrogen and oxygen atoms in total. The van der Waals surface area contributed by atoms with Gasteiger partial charge < -0.3 is 9.88 Å². The first-order valence-electron chi connectivity index (χ1n) is 7.41. The van der Waals surface area contributed by atoms with Crippen molar-refractivity contribution in [1.82, 2.24) is 20.1 Å². The van der Waals surface area contributed by atoms with E-state index in [1.54, 1.807) is 18.1 Å². The monoisotopic (exact) mass is 304 g/mol. The van der Waals surface area contributed by atoms with Gasteiger partial charge in [-0.2, -0.15) is 0 Å². The quantitative estimate of drug-likeness (QED) is 0.796. The summed E-state index contributed by atoms with van der Waals surface area (Å²) in [7, 11) is 1.97. The predicted octanol–water partition coefficient (Wildman–Crippen LogP) is 3.38. The molecule has 2 aromatic rings. The zero-order valence-electron chi connectivity index (χ0n) is 13.2. The van der Waals surface area contributed by atoms with E-state index in [9.17, 15) is 0 Å². The van der Waals surface area contributed by atoms with Gasteiger partial charge in [-0.15, -0.1) is 10.2 Å². The highest BCUT2D eigenvalue weighted by atomic mass is 32.2. The van der Waals surface area contributed by atoms with Crippen LogP contribution in [-0.2, 0) is 7.05 Å². The Bertz CT molecular complexity index is 548. The molecule has 0 fully saturated rings. The number of benzene rings is 1. The highest BCUT2D eigenvalue weighted by Crippen LogP contribution is 2.24. The number of hydrogen-bond donors (Lipinski definition) is 1. The van der Waals surface area contributed by atoms with Crippen LogP contribution in [-0.4, -0.2) is 27.1 Å². The van der Waals surface area contributed by atoms with Gasteiger partial charge in [-0.05, 0) is 23.6 Å². The van der Waals surface area contributed by atoms with Crippen LogP contribution >= 0.6 is 11.8 Å². The molecule has 1 atom stereocenters. The summed E-state index contributed by atoms with van der Waals surface area (Å²) in [5.41, 5.74) is 2.71. The standard InChI is InChI=1S/C16H24N4S/c1-5-17-15(10-21-16-19-18-11-20(16)4)14-8-6-13(7-9-14)12(2)3/h6-9,11-12,15,17H,5,10H2,1-4H3. The number of thioether (sulfide) groups is 1. The summed E-state index contributed by atoms with van der Waals surface area (Å²) in [6, 6.07) is 9.27. The summed E-state index contributed by atoms with van der Waals surface area (Å²) in [6.07, 6.45) is 1.74. The molecule has 0 aliphatic rings. The summed E-state index contributed by atoms with van der Waals surface area (Å²) in [4.78, 5) is 0. The fourth-order valence-electron chi connectivity index (χ4n) is 2.19. The van der Waals surface area contributed by atoms with E-state index < -0.39 is 0 Å². The van der Waals surface area contributed by atoms with Gasteiger partial charge in [0.2, 0.25) is 0 Å². The minimum atomic E-state index is 0.331. The van der Waals surface area contributed by atoms with Gasteiger partial charge in [0.05, 0.1) is 0 Å². The molecule has 1 aromatic carbocycles. The Morgan fingerprint density at radius 3 is 2.38 bits per heavy atom. The van der Waals surface area contributed by atoms with Crippen LogP contribution < -0.4 is 5.32 Å². The van der Waals surface area contributed by atoms with E-state index >= 15 is 0 Å². The van der Waals surface area contributed by atoms with Crippen LogP contribution in [0.1, 0.15) is 43.9 Å². The molecule has 1 aromatic heterocycles. The summed E-state index contributed by atoms with van der Waals surface area (Å²) >= 11 is 1.73. The molecule has 0 saturated heterocycles. The van der Waals surface area contributed by atoms with Crippen molar-refractivity contribution in [1.29, 1.82) is 0 Å². The van der Waals surface area contributed by atoms with E-state index in [1.807, 2.05) is 11.6 Å². The second-order valence-electron chi connectivity index (χ2n) is 5.47. The normalized spacial score (nSPS) is 12.8. The molecule has 1 unspecified atom stereocenters. The SMILES string of the molecule is CCNC(CSc1nncn1C)c1ccc(C(C)C)cc1. The smallest absolute Gasteiger partial charge is 0.190 e. The molecule has 0 amide bonds. The first-order chi connectivity index (χ1) is 10.1. The van der Waals surface area contributed by atoms with E-state index in [2.05, 4.69) is 60.6 Å². The molecular formula is C16H24N4S. The third kappa shape index (κ3) is 4.32. The van der Waals surface area contributed by atoms with Crippen LogP contribution in [0.3, 0.4) is 0 Å². The maximum atomic E-state index is 4.13. The molecule has 0 bridgehead atoms. The lowest BCUT2D eigenvalue weighted by atomic mass is 9.99. The summed E-state index contributed by atoms with van der Waals surface area (Å²) in [6.45, 7) is 7.54. The molecule has 5 heteroatoms. The second-order valence-corrected chi connectivity index (χ2v) is 6.45. The Balaban J connectivity index is 2.05. The Hall–Kier alpha value is -1.33. The molecule has 0 saturated carbocycles. The van der Waals surface area contributed by atoms with Gasteiger partial charge in [0.25, 0.3) is 0 Å². The maximum Gasteiger partial charge on any atom is 0.190 e. The molecule has 0 spiro atoms. The van der Waals surface area contributed by atoms with E-state index in [0.717, 1.165) is 17.5 Å². The molecular weight excluding hydrogens is 280 g/mol. The third-order valence-corrected chi connectivity index (χ3v) is 4.63. The van der Waals surface area contributed by atoms with Crippen molar-refractivity contribution in [2.24, 2.45) is 7.05 Å². The van der Waals surface area contributed by atoms with Crippen molar-refractivity contribution in [3.05, 3.63) is 41.7 Å². The zero-order chi connectivity index (χ0) is 15.2. The fourth-order valence-corrected chi connectivity index (χ4v) is 3.18. The summed E-state index contributed by atoms with van der Waals surface area (Å²) < 4.78 is 1.95. The van der Waals surface area contributed by atoms with E-state index in [-0.39, 0.29) is 0 Å². The molecule has 0 aliphatic carbocycles. The zero-order valence-corrected chi connectivity index (χ0v) is 14.0. The van der Waals surface area contributed by atoms with Crippen LogP contribution in [0.25, 0.3) is 0 Å². The first kappa shape index (κ1) is 16.0. The van der Waals surface area contributed by atoms with Gasteiger partial charge in [-0.25, -0.2) is 0 Å². The Labute approximate surface area is 131 Å². The van der Waals surface area contributed by atoms with Gasteiger partial charge in [0, 0.05) is 18.8 Å². The van der Waals surface area contributed by atoms with Gasteiger partial charge in [-0.3, -0.25) is 0 Å². The second kappa shape index (κ2) is 7.61. The predicted molar refractivity (Wildman–Crippen MR) is 88.7 cm³/mol. The van der Waals surface area contributed by atoms with Crippen LogP contribution in [0.15, 0.2) is 35.7 Å². The number of nitrogens with one attached hydrogen (secondary N) is 1. The van der Waals surface area contributed by atoms with Gasteiger partial charge >= 0.3 is 0 Å². The Morgan fingerprint density at radius 2 is 1.86 bits per heavy atom. The molecule has 0 radical (unpaired) electrons. The van der Waals surface area contributed by atoms with Crippen LogP contribution in [0.5, 0.6) is 0 Å². The molecule has 1 heterocycles. The number of rotatable bonds is 7. The van der Waals surface area contributed by atoms with Crippen molar-refractivity contribution in [2.45, 2.75) is 37.9 Å². The van der Waals surface area contributed by atoms with E-state index in [1.165, 1.54) is 11.1 Å². The summed E-state index contributed by atoms with van der Waals surface area (Å²) in [5, 5.41) is 12.6. The largest absolute Gasteiger partial charge is 0.312 e. The van der Waals surface area contributed by atoms with Gasteiger partial charge in [0.1, 0.15) is 6.33 Å². The maximum absolute atomic E-state index is 4.13. The topological polar surface area (TPSA) is 42.7 Å². The fraction of sp³-hybridized carbons (Fsp3) is 0.500. The highest BCUT2D eigenvalue weighted by Gasteiger charge is 2.13. The first-order valence-corrected chi connectivity index (χ1v) is 8.40. The number of aryl methyl sites for hydroxylation is 1. The summed E-state index contributed by atoms with van der Waals surface area (Å²) in [5.74, 6) is 1.52. The van der Waals surface area contributed by atoms with Crippen molar-refractivity contribution in [2.75, 3.05) is 12.3 Å². The molecule has 1 N–H and O–H groups in total. The minimum Gasteiger partial charge on any atom is -0.312 e. The van der Waals surface area contributed by atoms with Crippen molar-refractivity contribution in [3.8, 4) is 0 Å². The van der Waals surface area contributed by atoms with E-state index in [0.29, 0.717) is 12.0 Å². The lowest BCUT2D eigenvalue weighted by molar-refractivity contribution is 0.604. The molecule has 2 rings (SSSR count). The average Bonchev–Trinajstić information content (AvgIpc) is 2.89. The highest BCUT2D eigenvalue weighted by molar-refractivity contribution is 7.99. The van der Waals surface area contributed by atoms with Crippen molar-refractivity contribution >= 4 is 11.8 Å². The van der Waals surface area contributed by atoms with Crippen molar-refractivity contribution in [3.63, 3.8) is 0 Å². The number of nitrogens with zero attached hydrogens (tertiary/aromatic N) is 3. The van der Waals surface area contributed by atoms with Gasteiger partial charge in [0.15, 0.2) is 5.16 Å². The Morgan fingerprint density at radius 1 is 1.19 bits per heavy atom. The molecule has 0 aliphatic heterocycles. The Kier molecular flexibility index (Phi) is 5.82. The molecule has 114 valence electrons. The molecule has 21 heavy (non-hydrogen) atoms. The van der Waals surface area contributed by atoms with Gasteiger partial charge in [-0.1, -0.05) is 56.8 Å². The van der Waals surface area contributed by atoms with Crippen LogP contribution in [0, 0.1) is 0 Å².